The Labute approximate surface area is 278 Å². The maximum absolute atomic E-state index is 13.2. The smallest absolute Gasteiger partial charge is 0.475 e. The van der Waals surface area contributed by atoms with Crippen molar-refractivity contribution < 1.29 is 35.9 Å². The van der Waals surface area contributed by atoms with Crippen LogP contribution in [0.1, 0.15) is 31.2 Å². The lowest BCUT2D eigenvalue weighted by Crippen LogP contribution is -2.32. The third kappa shape index (κ3) is 11.1. The van der Waals surface area contributed by atoms with E-state index in [-0.39, 0.29) is 10.7 Å². The number of aromatic nitrogens is 2. The van der Waals surface area contributed by atoms with E-state index in [4.69, 9.17) is 19.9 Å². The van der Waals surface area contributed by atoms with Crippen molar-refractivity contribution >= 4 is 54.6 Å². The van der Waals surface area contributed by atoms with Crippen molar-refractivity contribution in [2.24, 2.45) is 11.8 Å². The third-order valence-electron chi connectivity index (χ3n) is 7.67. The van der Waals surface area contributed by atoms with Crippen LogP contribution in [0.5, 0.6) is 0 Å². The first kappa shape index (κ1) is 36.0. The summed E-state index contributed by atoms with van der Waals surface area (Å²) in [6, 6.07) is 21.2. The molecule has 47 heavy (non-hydrogen) atoms. The number of alkyl halides is 3. The number of carboxylic acids is 1. The SMILES string of the molecule is O=C(O)C(F)(F)F.O=S(=O)(NCC1CCC(CNc2nc(NCCc3ccc(F)cc3)c3ccccc3n2)CC1)c1ccc(Br)cc1. The van der Waals surface area contributed by atoms with Gasteiger partial charge in [-0.15, -0.1) is 0 Å². The lowest BCUT2D eigenvalue weighted by molar-refractivity contribution is -0.192. The van der Waals surface area contributed by atoms with Gasteiger partial charge in [0.2, 0.25) is 16.0 Å². The lowest BCUT2D eigenvalue weighted by Gasteiger charge is -2.28. The Morgan fingerprint density at radius 1 is 0.872 bits per heavy atom. The molecule has 1 saturated carbocycles. The molecule has 0 spiro atoms. The van der Waals surface area contributed by atoms with Gasteiger partial charge in [0.05, 0.1) is 10.4 Å². The van der Waals surface area contributed by atoms with Crippen molar-refractivity contribution in [3.8, 4) is 0 Å². The summed E-state index contributed by atoms with van der Waals surface area (Å²) in [5.41, 5.74) is 1.92. The molecule has 1 fully saturated rings. The largest absolute Gasteiger partial charge is 0.490 e. The highest BCUT2D eigenvalue weighted by Gasteiger charge is 2.38. The molecule has 1 aromatic heterocycles. The molecule has 0 aliphatic heterocycles. The first-order chi connectivity index (χ1) is 22.3. The van der Waals surface area contributed by atoms with Crippen LogP contribution in [0.2, 0.25) is 0 Å². The number of aliphatic carboxylic acids is 1. The second kappa shape index (κ2) is 16.3. The summed E-state index contributed by atoms with van der Waals surface area (Å²) < 4.78 is 73.8. The van der Waals surface area contributed by atoms with Crippen LogP contribution >= 0.6 is 15.9 Å². The van der Waals surface area contributed by atoms with Gasteiger partial charge in [-0.2, -0.15) is 18.2 Å². The maximum Gasteiger partial charge on any atom is 0.490 e. The van der Waals surface area contributed by atoms with E-state index in [0.717, 1.165) is 65.4 Å². The molecule has 3 aromatic carbocycles. The second-order valence-corrected chi connectivity index (χ2v) is 13.8. The number of hydrogen-bond acceptors (Lipinski definition) is 7. The number of carboxylic acid groups (broad SMARTS) is 1. The van der Waals surface area contributed by atoms with Crippen LogP contribution in [0.15, 0.2) is 82.2 Å². The molecule has 0 unspecified atom stereocenters. The topological polar surface area (TPSA) is 133 Å². The second-order valence-electron chi connectivity index (χ2n) is 11.1. The number of nitrogens with one attached hydrogen (secondary N) is 3. The van der Waals surface area contributed by atoms with Crippen molar-refractivity contribution in [3.63, 3.8) is 0 Å². The molecule has 0 saturated heterocycles. The average Bonchev–Trinajstić information content (AvgIpc) is 3.04. The van der Waals surface area contributed by atoms with Crippen LogP contribution in [-0.2, 0) is 21.2 Å². The summed E-state index contributed by atoms with van der Waals surface area (Å²) in [5.74, 6) is -0.819. The number of benzene rings is 3. The van der Waals surface area contributed by atoms with E-state index in [1.807, 2.05) is 24.3 Å². The number of sulfonamides is 1. The van der Waals surface area contributed by atoms with Crippen molar-refractivity contribution in [2.75, 3.05) is 30.3 Å². The number of para-hydroxylation sites is 1. The molecule has 1 aliphatic carbocycles. The number of carbonyl (C=O) groups is 1. The molecule has 4 aromatic rings. The van der Waals surface area contributed by atoms with E-state index < -0.39 is 22.2 Å². The summed E-state index contributed by atoms with van der Waals surface area (Å²) >= 11 is 3.34. The average molecular weight is 741 g/mol. The fourth-order valence-electron chi connectivity index (χ4n) is 5.07. The third-order valence-corrected chi connectivity index (χ3v) is 9.63. The molecule has 5 rings (SSSR count). The van der Waals surface area contributed by atoms with Crippen LogP contribution in [-0.4, -0.2) is 55.3 Å². The maximum atomic E-state index is 13.2. The van der Waals surface area contributed by atoms with Gasteiger partial charge in [-0.3, -0.25) is 0 Å². The molecule has 9 nitrogen and oxygen atoms in total. The predicted molar refractivity (Wildman–Crippen MR) is 175 cm³/mol. The Kier molecular flexibility index (Phi) is 12.5. The Bertz CT molecular complexity index is 1740. The van der Waals surface area contributed by atoms with Gasteiger partial charge < -0.3 is 15.7 Å². The normalized spacial score (nSPS) is 16.6. The zero-order valence-electron chi connectivity index (χ0n) is 25.1. The quantitative estimate of drug-likeness (QED) is 0.121. The summed E-state index contributed by atoms with van der Waals surface area (Å²) in [6.07, 6.45) is -0.333. The van der Waals surface area contributed by atoms with E-state index >= 15 is 0 Å². The van der Waals surface area contributed by atoms with Crippen molar-refractivity contribution in [1.29, 1.82) is 0 Å². The molecule has 252 valence electrons. The fraction of sp³-hybridized carbons (Fsp3) is 0.344. The minimum Gasteiger partial charge on any atom is -0.475 e. The number of hydrogen-bond donors (Lipinski definition) is 4. The molecule has 1 heterocycles. The van der Waals surface area contributed by atoms with Crippen LogP contribution in [0.25, 0.3) is 10.9 Å². The Morgan fingerprint density at radius 2 is 1.47 bits per heavy atom. The van der Waals surface area contributed by atoms with Crippen LogP contribution in [0.3, 0.4) is 0 Å². The summed E-state index contributed by atoms with van der Waals surface area (Å²) in [7, 11) is -3.50. The van der Waals surface area contributed by atoms with Gasteiger partial charge in [-0.05, 0) is 98.0 Å². The van der Waals surface area contributed by atoms with E-state index in [0.29, 0.717) is 30.9 Å². The standard InChI is InChI=1S/C30H33BrFN5O2S.C2HF3O2/c31-24-11-15-26(16-12-24)40(38,39)35-20-23-7-5-22(6-8-23)19-34-30-36-28-4-2-1-3-27(28)29(37-30)33-18-17-21-9-13-25(32)14-10-21;3-2(4,5)1(6)7/h1-4,9-16,22-23,35H,5-8,17-20H2,(H2,33,34,36,37);(H,6,7). The van der Waals surface area contributed by atoms with Gasteiger partial charge in [-0.25, -0.2) is 27.3 Å². The van der Waals surface area contributed by atoms with Crippen molar-refractivity contribution in [3.05, 3.63) is 88.6 Å². The van der Waals surface area contributed by atoms with Crippen LogP contribution in [0.4, 0.5) is 29.3 Å². The Morgan fingerprint density at radius 3 is 2.09 bits per heavy atom. The lowest BCUT2D eigenvalue weighted by atomic mass is 9.82. The minimum absolute atomic E-state index is 0.232. The molecular formula is C32H34BrF4N5O4S. The fourth-order valence-corrected chi connectivity index (χ4v) is 6.45. The van der Waals surface area contributed by atoms with Gasteiger partial charge in [0.15, 0.2) is 0 Å². The highest BCUT2D eigenvalue weighted by Crippen LogP contribution is 2.29. The molecule has 0 radical (unpaired) electrons. The zero-order valence-corrected chi connectivity index (χ0v) is 27.5. The molecule has 15 heteroatoms. The van der Waals surface area contributed by atoms with E-state index in [9.17, 15) is 26.0 Å². The molecule has 1 aliphatic rings. The van der Waals surface area contributed by atoms with Crippen molar-refractivity contribution in [1.82, 2.24) is 14.7 Å². The van der Waals surface area contributed by atoms with Gasteiger partial charge in [0, 0.05) is 29.5 Å². The predicted octanol–water partition coefficient (Wildman–Crippen LogP) is 7.02. The van der Waals surface area contributed by atoms with Crippen molar-refractivity contribution in [2.45, 2.75) is 43.2 Å². The first-order valence-electron chi connectivity index (χ1n) is 14.8. The number of nitrogens with zero attached hydrogens (tertiary/aromatic N) is 2. The minimum atomic E-state index is -5.08. The summed E-state index contributed by atoms with van der Waals surface area (Å²) in [4.78, 5) is 18.7. The van der Waals surface area contributed by atoms with E-state index in [2.05, 4.69) is 31.3 Å². The van der Waals surface area contributed by atoms with E-state index in [1.54, 1.807) is 36.4 Å². The Hall–Kier alpha value is -3.82. The number of anilines is 2. The van der Waals surface area contributed by atoms with Gasteiger partial charge in [0.1, 0.15) is 11.6 Å². The number of rotatable bonds is 11. The van der Waals surface area contributed by atoms with Crippen LogP contribution in [0, 0.1) is 17.7 Å². The molecular weight excluding hydrogens is 706 g/mol. The van der Waals surface area contributed by atoms with Gasteiger partial charge in [-0.1, -0.05) is 40.2 Å². The van der Waals surface area contributed by atoms with Gasteiger partial charge in [0.25, 0.3) is 0 Å². The monoisotopic (exact) mass is 739 g/mol. The molecule has 0 amide bonds. The molecule has 0 bridgehead atoms. The number of halogens is 5. The van der Waals surface area contributed by atoms with Crippen LogP contribution < -0.4 is 15.4 Å². The highest BCUT2D eigenvalue weighted by molar-refractivity contribution is 9.10. The first-order valence-corrected chi connectivity index (χ1v) is 17.1. The highest BCUT2D eigenvalue weighted by atomic mass is 79.9. The van der Waals surface area contributed by atoms with E-state index in [1.165, 1.54) is 12.1 Å². The summed E-state index contributed by atoms with van der Waals surface area (Å²) in [6.45, 7) is 1.89. The number of fused-ring (bicyclic) bond motifs is 1. The molecule has 4 N–H and O–H groups in total. The molecule has 0 atom stereocenters. The van der Waals surface area contributed by atoms with Gasteiger partial charge >= 0.3 is 12.1 Å². The summed E-state index contributed by atoms with van der Waals surface area (Å²) in [5, 5.41) is 15.0. The Balaban J connectivity index is 0.000000644. The zero-order chi connectivity index (χ0) is 34.0.